The van der Waals surface area contributed by atoms with Crippen LogP contribution >= 0.6 is 0 Å². The number of nitrogens with zero attached hydrogens (tertiary/aromatic N) is 1. The number of ether oxygens (including phenoxy) is 1. The molecule has 0 spiro atoms. The zero-order chi connectivity index (χ0) is 14.4. The topological polar surface area (TPSA) is 24.5 Å². The molecule has 2 rings (SSSR count). The highest BCUT2D eigenvalue weighted by Crippen LogP contribution is 2.38. The summed E-state index contributed by atoms with van der Waals surface area (Å²) in [5.41, 5.74) is 0.331. The highest BCUT2D eigenvalue weighted by molar-refractivity contribution is 5.02. The second kappa shape index (κ2) is 7.77. The Hall–Kier alpha value is -0.120. The van der Waals surface area contributed by atoms with Crippen molar-refractivity contribution in [2.24, 2.45) is 5.92 Å². The molecular formula is C17H34N2O. The summed E-state index contributed by atoms with van der Waals surface area (Å²) in [6.45, 7) is 5.23. The Balaban J connectivity index is 2.20. The van der Waals surface area contributed by atoms with Crippen molar-refractivity contribution in [3.63, 3.8) is 0 Å². The zero-order valence-corrected chi connectivity index (χ0v) is 13.8. The van der Waals surface area contributed by atoms with Crippen LogP contribution in [-0.4, -0.2) is 50.3 Å². The maximum absolute atomic E-state index is 5.80. The van der Waals surface area contributed by atoms with E-state index in [1.54, 1.807) is 0 Å². The Morgan fingerprint density at radius 1 is 1.15 bits per heavy atom. The van der Waals surface area contributed by atoms with Crippen LogP contribution in [-0.2, 0) is 4.74 Å². The minimum Gasteiger partial charge on any atom is -0.381 e. The molecule has 3 nitrogen and oxygen atoms in total. The van der Waals surface area contributed by atoms with Gasteiger partial charge in [0.25, 0.3) is 0 Å². The predicted octanol–water partition coefficient (Wildman–Crippen LogP) is 3.05. The molecule has 0 bridgehead atoms. The van der Waals surface area contributed by atoms with Crippen molar-refractivity contribution >= 4 is 0 Å². The molecular weight excluding hydrogens is 248 g/mol. The van der Waals surface area contributed by atoms with Crippen LogP contribution in [0.1, 0.15) is 58.3 Å². The van der Waals surface area contributed by atoms with Crippen LogP contribution in [0, 0.1) is 5.92 Å². The van der Waals surface area contributed by atoms with E-state index in [2.05, 4.69) is 31.2 Å². The van der Waals surface area contributed by atoms with Crippen molar-refractivity contribution < 1.29 is 4.74 Å². The molecule has 2 atom stereocenters. The first kappa shape index (κ1) is 16.3. The fourth-order valence-electron chi connectivity index (χ4n) is 4.42. The Bertz CT molecular complexity index is 266. The standard InChI is InChI=1S/C17H34N2O/c1-4-18-16(15-10-9-13-20-14-15)17(19(2)3)11-7-5-6-8-12-17/h15-16,18H,4-14H2,1-3H3. The minimum absolute atomic E-state index is 0.331. The maximum atomic E-state index is 5.80. The van der Waals surface area contributed by atoms with Crippen molar-refractivity contribution in [2.75, 3.05) is 33.9 Å². The van der Waals surface area contributed by atoms with Crippen molar-refractivity contribution in [3.8, 4) is 0 Å². The van der Waals surface area contributed by atoms with E-state index in [9.17, 15) is 0 Å². The van der Waals surface area contributed by atoms with Gasteiger partial charge in [0.05, 0.1) is 6.61 Å². The summed E-state index contributed by atoms with van der Waals surface area (Å²) in [4.78, 5) is 2.53. The molecule has 0 aromatic carbocycles. The van der Waals surface area contributed by atoms with E-state index in [0.717, 1.165) is 19.8 Å². The van der Waals surface area contributed by atoms with E-state index < -0.39 is 0 Å². The summed E-state index contributed by atoms with van der Waals surface area (Å²) in [5, 5.41) is 3.85. The van der Waals surface area contributed by atoms with Crippen LogP contribution in [0.15, 0.2) is 0 Å². The summed E-state index contributed by atoms with van der Waals surface area (Å²) in [7, 11) is 4.58. The van der Waals surface area contributed by atoms with Crippen molar-refractivity contribution in [3.05, 3.63) is 0 Å². The number of likely N-dealkylation sites (N-methyl/N-ethyl adjacent to an activating group) is 2. The van der Waals surface area contributed by atoms with E-state index in [1.807, 2.05) is 0 Å². The molecule has 0 amide bonds. The lowest BCUT2D eigenvalue weighted by Gasteiger charge is -2.50. The first-order chi connectivity index (χ1) is 9.70. The van der Waals surface area contributed by atoms with Gasteiger partial charge in [-0.1, -0.05) is 32.6 Å². The molecule has 2 aliphatic rings. The molecule has 1 saturated heterocycles. The van der Waals surface area contributed by atoms with Gasteiger partial charge >= 0.3 is 0 Å². The van der Waals surface area contributed by atoms with Gasteiger partial charge in [-0.3, -0.25) is 0 Å². The molecule has 0 radical (unpaired) electrons. The molecule has 2 unspecified atom stereocenters. The van der Waals surface area contributed by atoms with E-state index >= 15 is 0 Å². The number of nitrogens with one attached hydrogen (secondary N) is 1. The molecule has 20 heavy (non-hydrogen) atoms. The van der Waals surface area contributed by atoms with Gasteiger partial charge in [-0.25, -0.2) is 0 Å². The van der Waals surface area contributed by atoms with Crippen molar-refractivity contribution in [2.45, 2.75) is 69.9 Å². The first-order valence-electron chi connectivity index (χ1n) is 8.69. The summed E-state index contributed by atoms with van der Waals surface area (Å²) >= 11 is 0. The lowest BCUT2D eigenvalue weighted by molar-refractivity contribution is -0.0123. The van der Waals surface area contributed by atoms with Crippen molar-refractivity contribution in [1.82, 2.24) is 10.2 Å². The van der Waals surface area contributed by atoms with Gasteiger partial charge in [0.2, 0.25) is 0 Å². The lowest BCUT2D eigenvalue weighted by Crippen LogP contribution is -2.62. The highest BCUT2D eigenvalue weighted by atomic mass is 16.5. The van der Waals surface area contributed by atoms with Gasteiger partial charge in [-0.15, -0.1) is 0 Å². The monoisotopic (exact) mass is 282 g/mol. The maximum Gasteiger partial charge on any atom is 0.0509 e. The smallest absolute Gasteiger partial charge is 0.0509 e. The molecule has 1 heterocycles. The Labute approximate surface area is 125 Å². The Morgan fingerprint density at radius 3 is 2.35 bits per heavy atom. The highest BCUT2D eigenvalue weighted by Gasteiger charge is 2.44. The van der Waals surface area contributed by atoms with E-state index in [0.29, 0.717) is 17.5 Å². The van der Waals surface area contributed by atoms with Gasteiger partial charge in [0.1, 0.15) is 0 Å². The van der Waals surface area contributed by atoms with Crippen LogP contribution in [0.4, 0.5) is 0 Å². The number of hydrogen-bond donors (Lipinski definition) is 1. The summed E-state index contributed by atoms with van der Waals surface area (Å²) in [6.07, 6.45) is 10.8. The summed E-state index contributed by atoms with van der Waals surface area (Å²) < 4.78 is 5.80. The molecule has 3 heteroatoms. The predicted molar refractivity (Wildman–Crippen MR) is 85.1 cm³/mol. The average Bonchev–Trinajstić information content (AvgIpc) is 2.72. The normalized spacial score (nSPS) is 29.1. The molecule has 118 valence electrons. The third kappa shape index (κ3) is 3.55. The Morgan fingerprint density at radius 2 is 1.85 bits per heavy atom. The minimum atomic E-state index is 0.331. The third-order valence-electron chi connectivity index (χ3n) is 5.53. The third-order valence-corrected chi connectivity index (χ3v) is 5.53. The molecule has 2 fully saturated rings. The molecule has 1 N–H and O–H groups in total. The quantitative estimate of drug-likeness (QED) is 0.784. The van der Waals surface area contributed by atoms with Crippen molar-refractivity contribution in [1.29, 1.82) is 0 Å². The molecule has 1 aliphatic heterocycles. The van der Waals surface area contributed by atoms with E-state index in [1.165, 1.54) is 51.4 Å². The van der Waals surface area contributed by atoms with Crippen LogP contribution in [0.3, 0.4) is 0 Å². The Kier molecular flexibility index (Phi) is 6.31. The van der Waals surface area contributed by atoms with Crippen LogP contribution in [0.25, 0.3) is 0 Å². The first-order valence-corrected chi connectivity index (χ1v) is 8.69. The summed E-state index contributed by atoms with van der Waals surface area (Å²) in [5.74, 6) is 0.684. The van der Waals surface area contributed by atoms with Crippen LogP contribution < -0.4 is 5.32 Å². The summed E-state index contributed by atoms with van der Waals surface area (Å²) in [6, 6.07) is 0.584. The van der Waals surface area contributed by atoms with Gasteiger partial charge in [-0.05, 0) is 52.2 Å². The molecule has 1 saturated carbocycles. The van der Waals surface area contributed by atoms with Gasteiger partial charge in [0.15, 0.2) is 0 Å². The van der Waals surface area contributed by atoms with Gasteiger partial charge in [0, 0.05) is 18.2 Å². The second-order valence-electron chi connectivity index (χ2n) is 6.92. The van der Waals surface area contributed by atoms with E-state index in [4.69, 9.17) is 4.74 Å². The van der Waals surface area contributed by atoms with Crippen LogP contribution in [0.5, 0.6) is 0 Å². The second-order valence-corrected chi connectivity index (χ2v) is 6.92. The molecule has 1 aliphatic carbocycles. The fraction of sp³-hybridized carbons (Fsp3) is 1.00. The van der Waals surface area contributed by atoms with Gasteiger partial charge in [-0.2, -0.15) is 0 Å². The lowest BCUT2D eigenvalue weighted by atomic mass is 9.74. The number of rotatable bonds is 5. The SMILES string of the molecule is CCNC(C1CCCOC1)C1(N(C)C)CCCCCC1. The zero-order valence-electron chi connectivity index (χ0n) is 13.8. The van der Waals surface area contributed by atoms with E-state index in [-0.39, 0.29) is 0 Å². The average molecular weight is 282 g/mol. The van der Waals surface area contributed by atoms with Crippen LogP contribution in [0.2, 0.25) is 0 Å². The fourth-order valence-corrected chi connectivity index (χ4v) is 4.42. The number of hydrogen-bond acceptors (Lipinski definition) is 3. The largest absolute Gasteiger partial charge is 0.381 e. The molecule has 0 aromatic rings. The van der Waals surface area contributed by atoms with Gasteiger partial charge < -0.3 is 15.0 Å². The molecule has 0 aromatic heterocycles.